The Labute approximate surface area is 167 Å². The van der Waals surface area contributed by atoms with Crippen LogP contribution in [0.2, 0.25) is 0 Å². The lowest BCUT2D eigenvalue weighted by Gasteiger charge is -2.20. The van der Waals surface area contributed by atoms with E-state index in [2.05, 4.69) is 10.6 Å². The third-order valence-corrected chi connectivity index (χ3v) is 3.56. The first-order valence-corrected chi connectivity index (χ1v) is 8.75. The molecule has 0 aromatic heterocycles. The molecule has 0 aromatic carbocycles. The summed E-state index contributed by atoms with van der Waals surface area (Å²) in [5, 5.41) is 15.4. The molecule has 3 atom stereocenters. The van der Waals surface area contributed by atoms with E-state index in [1.165, 1.54) is 0 Å². The van der Waals surface area contributed by atoms with Gasteiger partial charge < -0.3 is 38.3 Å². The van der Waals surface area contributed by atoms with E-state index in [0.717, 1.165) is 0 Å². The Kier molecular flexibility index (Phi) is 10.9. The molecule has 29 heavy (non-hydrogen) atoms. The minimum Gasteiger partial charge on any atom is -0.480 e. The van der Waals surface area contributed by atoms with E-state index in [0.29, 0.717) is 6.42 Å². The summed E-state index contributed by atoms with van der Waals surface area (Å²) in [6.45, 7) is 3.02. The predicted octanol–water partition coefficient (Wildman–Crippen LogP) is -3.72. The summed E-state index contributed by atoms with van der Waals surface area (Å²) in [4.78, 5) is 69.1. The summed E-state index contributed by atoms with van der Waals surface area (Å²) in [5.41, 5.74) is 15.7. The molecule has 0 saturated heterocycles. The lowest BCUT2D eigenvalue weighted by Crippen LogP contribution is -2.54. The van der Waals surface area contributed by atoms with E-state index in [1.54, 1.807) is 0 Å². The summed E-state index contributed by atoms with van der Waals surface area (Å²) >= 11 is 0. The third-order valence-electron chi connectivity index (χ3n) is 3.56. The molecular weight excluding hydrogens is 388 g/mol. The van der Waals surface area contributed by atoms with Crippen molar-refractivity contribution in [2.45, 2.75) is 51.2 Å². The number of primary amides is 2. The normalized spacial score (nSPS) is 13.7. The molecule has 0 aromatic rings. The second-order valence-electron chi connectivity index (χ2n) is 6.81. The number of carbonyl (C=O) groups excluding carboxylic acids is 5. The van der Waals surface area contributed by atoms with E-state index >= 15 is 0 Å². The van der Waals surface area contributed by atoms with E-state index in [9.17, 15) is 28.8 Å². The molecule has 0 saturated carbocycles. The van der Waals surface area contributed by atoms with Crippen LogP contribution >= 0.6 is 0 Å². The highest BCUT2D eigenvalue weighted by atomic mass is 16.4. The van der Waals surface area contributed by atoms with E-state index < -0.39 is 73.0 Å². The summed E-state index contributed by atoms with van der Waals surface area (Å²) < 4.78 is 0. The number of rotatable bonds is 13. The number of carbonyl (C=O) groups is 6. The highest BCUT2D eigenvalue weighted by Crippen LogP contribution is 2.03. The van der Waals surface area contributed by atoms with Gasteiger partial charge >= 0.3 is 5.97 Å². The van der Waals surface area contributed by atoms with Crippen LogP contribution in [0.5, 0.6) is 0 Å². The molecule has 0 aliphatic heterocycles. The van der Waals surface area contributed by atoms with Crippen LogP contribution in [0.3, 0.4) is 0 Å². The van der Waals surface area contributed by atoms with Crippen LogP contribution in [-0.2, 0) is 28.8 Å². The van der Waals surface area contributed by atoms with Crippen molar-refractivity contribution in [3.05, 3.63) is 0 Å². The number of amides is 5. The molecule has 3 unspecified atom stereocenters. The molecular formula is C16H28N6O7. The fraction of sp³-hybridized carbons (Fsp3) is 0.625. The van der Waals surface area contributed by atoms with Gasteiger partial charge in [0.05, 0.1) is 25.4 Å². The second kappa shape index (κ2) is 12.3. The molecule has 0 aliphatic rings. The summed E-state index contributed by atoms with van der Waals surface area (Å²) in [6.07, 6.45) is -0.828. The Morgan fingerprint density at radius 2 is 1.38 bits per heavy atom. The molecule has 0 heterocycles. The fourth-order valence-corrected chi connectivity index (χ4v) is 2.24. The first kappa shape index (κ1) is 25.8. The van der Waals surface area contributed by atoms with Gasteiger partial charge in [0.2, 0.25) is 29.5 Å². The topological polar surface area (TPSA) is 237 Å². The number of carboxylic acid groups (broad SMARTS) is 1. The first-order chi connectivity index (χ1) is 13.3. The van der Waals surface area contributed by atoms with Gasteiger partial charge in [-0.1, -0.05) is 13.8 Å². The Hall–Kier alpha value is -3.22. The Bertz CT molecular complexity index is 652. The molecule has 0 bridgehead atoms. The highest BCUT2D eigenvalue weighted by molar-refractivity contribution is 5.95. The van der Waals surface area contributed by atoms with Gasteiger partial charge in [0.25, 0.3) is 0 Å². The Morgan fingerprint density at radius 3 is 1.83 bits per heavy atom. The monoisotopic (exact) mass is 416 g/mol. The number of nitrogens with two attached hydrogens (primary N) is 3. The Balaban J connectivity index is 4.87. The maximum Gasteiger partial charge on any atom is 0.326 e. The molecule has 5 amide bonds. The van der Waals surface area contributed by atoms with Crippen LogP contribution in [0.25, 0.3) is 0 Å². The van der Waals surface area contributed by atoms with Crippen LogP contribution in [0.1, 0.15) is 33.1 Å². The van der Waals surface area contributed by atoms with Gasteiger partial charge in [-0.3, -0.25) is 24.0 Å². The quantitative estimate of drug-likeness (QED) is 0.157. The second-order valence-corrected chi connectivity index (χ2v) is 6.81. The van der Waals surface area contributed by atoms with Crippen molar-refractivity contribution < 1.29 is 33.9 Å². The summed E-state index contributed by atoms with van der Waals surface area (Å²) in [6, 6.07) is -3.84. The van der Waals surface area contributed by atoms with Crippen LogP contribution in [0, 0.1) is 5.92 Å². The van der Waals surface area contributed by atoms with Crippen molar-refractivity contribution in [3.63, 3.8) is 0 Å². The first-order valence-electron chi connectivity index (χ1n) is 8.75. The van der Waals surface area contributed by atoms with Gasteiger partial charge in [-0.15, -0.1) is 0 Å². The maximum atomic E-state index is 12.2. The van der Waals surface area contributed by atoms with E-state index in [4.69, 9.17) is 22.3 Å². The van der Waals surface area contributed by atoms with Crippen LogP contribution < -0.4 is 33.2 Å². The highest BCUT2D eigenvalue weighted by Gasteiger charge is 2.27. The molecule has 13 nitrogen and oxygen atoms in total. The van der Waals surface area contributed by atoms with Crippen LogP contribution in [0.4, 0.5) is 0 Å². The van der Waals surface area contributed by atoms with Gasteiger partial charge in [-0.2, -0.15) is 0 Å². The van der Waals surface area contributed by atoms with Gasteiger partial charge in [0, 0.05) is 0 Å². The molecule has 10 N–H and O–H groups in total. The van der Waals surface area contributed by atoms with Gasteiger partial charge in [-0.25, -0.2) is 4.79 Å². The molecule has 0 radical (unpaired) electrons. The van der Waals surface area contributed by atoms with Crippen molar-refractivity contribution in [2.24, 2.45) is 23.1 Å². The third kappa shape index (κ3) is 11.3. The molecule has 0 aliphatic carbocycles. The summed E-state index contributed by atoms with van der Waals surface area (Å²) in [5.74, 6) is -5.68. The molecule has 0 spiro atoms. The molecule has 0 rings (SSSR count). The van der Waals surface area contributed by atoms with Crippen molar-refractivity contribution >= 4 is 35.5 Å². The van der Waals surface area contributed by atoms with Crippen LogP contribution in [0.15, 0.2) is 0 Å². The number of hydrogen-bond donors (Lipinski definition) is 7. The zero-order valence-corrected chi connectivity index (χ0v) is 16.3. The lowest BCUT2D eigenvalue weighted by atomic mass is 10.0. The Morgan fingerprint density at radius 1 is 0.862 bits per heavy atom. The van der Waals surface area contributed by atoms with Crippen molar-refractivity contribution in [1.29, 1.82) is 0 Å². The number of aliphatic carboxylic acids is 1. The average molecular weight is 416 g/mol. The zero-order chi connectivity index (χ0) is 22.7. The SMILES string of the molecule is CC(C)CC(N)C(=O)NC(CC(N)=O)C(=O)NCC(=O)NC(CC(N)=O)C(=O)O. The number of carboxylic acids is 1. The number of hydrogen-bond acceptors (Lipinski definition) is 7. The van der Waals surface area contributed by atoms with Crippen molar-refractivity contribution in [1.82, 2.24) is 16.0 Å². The number of nitrogens with one attached hydrogen (secondary N) is 3. The standard InChI is InChI=1S/C16H28N6O7/c1-7(2)3-8(17)14(26)22-9(4-11(18)23)15(27)20-6-13(25)21-10(16(28)29)5-12(19)24/h7-10H,3-6,17H2,1-2H3,(H2,18,23)(H2,19,24)(H,20,27)(H,21,25)(H,22,26)(H,28,29). The largest absolute Gasteiger partial charge is 0.480 e. The molecule has 164 valence electrons. The van der Waals surface area contributed by atoms with Crippen molar-refractivity contribution in [2.75, 3.05) is 6.54 Å². The predicted molar refractivity (Wildman–Crippen MR) is 99.6 cm³/mol. The summed E-state index contributed by atoms with van der Waals surface area (Å²) in [7, 11) is 0. The minimum absolute atomic E-state index is 0.116. The fourth-order valence-electron chi connectivity index (χ4n) is 2.24. The van der Waals surface area contributed by atoms with E-state index in [-0.39, 0.29) is 5.92 Å². The van der Waals surface area contributed by atoms with E-state index in [1.807, 2.05) is 19.2 Å². The smallest absolute Gasteiger partial charge is 0.326 e. The maximum absolute atomic E-state index is 12.2. The minimum atomic E-state index is -1.56. The van der Waals surface area contributed by atoms with Gasteiger partial charge in [0.1, 0.15) is 12.1 Å². The lowest BCUT2D eigenvalue weighted by molar-refractivity contribution is -0.143. The van der Waals surface area contributed by atoms with Gasteiger partial charge in [-0.05, 0) is 12.3 Å². The zero-order valence-electron chi connectivity index (χ0n) is 16.3. The average Bonchev–Trinajstić information content (AvgIpc) is 2.56. The van der Waals surface area contributed by atoms with Crippen molar-refractivity contribution in [3.8, 4) is 0 Å². The molecule has 13 heteroatoms. The van der Waals surface area contributed by atoms with Gasteiger partial charge in [0.15, 0.2) is 0 Å². The van der Waals surface area contributed by atoms with Crippen LogP contribution in [-0.4, -0.2) is 65.3 Å². The molecule has 0 fully saturated rings.